The molecule has 4 nitrogen and oxygen atoms in total. The summed E-state index contributed by atoms with van der Waals surface area (Å²) >= 11 is 6.16. The third-order valence-electron chi connectivity index (χ3n) is 3.72. The molecule has 2 unspecified atom stereocenters. The van der Waals surface area contributed by atoms with Crippen LogP contribution >= 0.6 is 24.0 Å². The molecule has 0 aliphatic carbocycles. The summed E-state index contributed by atoms with van der Waals surface area (Å²) in [5.74, 6) is 0. The van der Waals surface area contributed by atoms with Crippen LogP contribution in [0.5, 0.6) is 0 Å². The topological polar surface area (TPSA) is 49.4 Å². The maximum Gasteiger partial charge on any atom is 0.244 e. The summed E-state index contributed by atoms with van der Waals surface area (Å²) in [5, 5.41) is 3.59. The Kier molecular flexibility index (Phi) is 5.87. The van der Waals surface area contributed by atoms with Gasteiger partial charge in [0, 0.05) is 25.2 Å². The lowest BCUT2D eigenvalue weighted by Crippen LogP contribution is -2.57. The van der Waals surface area contributed by atoms with Gasteiger partial charge in [-0.05, 0) is 32.4 Å². The van der Waals surface area contributed by atoms with E-state index in [4.69, 9.17) is 11.6 Å². The van der Waals surface area contributed by atoms with Crippen molar-refractivity contribution in [3.63, 3.8) is 0 Å². The molecule has 1 aliphatic heterocycles. The first-order chi connectivity index (χ1) is 8.85. The second kappa shape index (κ2) is 6.62. The number of halogens is 2. The fourth-order valence-corrected chi connectivity index (χ4v) is 4.57. The number of nitrogens with zero attached hydrogens (tertiary/aromatic N) is 1. The van der Waals surface area contributed by atoms with Crippen LogP contribution in [0.25, 0.3) is 0 Å². The van der Waals surface area contributed by atoms with E-state index < -0.39 is 10.0 Å². The number of hydrogen-bond acceptors (Lipinski definition) is 3. The zero-order valence-corrected chi connectivity index (χ0v) is 14.1. The number of aryl methyl sites for hydroxylation is 1. The fraction of sp³-hybridized carbons (Fsp3) is 0.538. The Balaban J connectivity index is 0.00000200. The first kappa shape index (κ1) is 17.7. The van der Waals surface area contributed by atoms with Gasteiger partial charge < -0.3 is 5.32 Å². The summed E-state index contributed by atoms with van der Waals surface area (Å²) in [7, 11) is -3.54. The van der Waals surface area contributed by atoms with Gasteiger partial charge in [0.15, 0.2) is 0 Å². The molecule has 0 radical (unpaired) electrons. The Morgan fingerprint density at radius 2 is 2.00 bits per heavy atom. The van der Waals surface area contributed by atoms with Gasteiger partial charge in [-0.1, -0.05) is 23.7 Å². The van der Waals surface area contributed by atoms with Gasteiger partial charge in [0.05, 0.1) is 5.02 Å². The van der Waals surface area contributed by atoms with Crippen molar-refractivity contribution in [1.29, 1.82) is 0 Å². The normalized spacial score (nSPS) is 24.2. The fourth-order valence-electron chi connectivity index (χ4n) is 2.31. The molecule has 1 saturated heterocycles. The van der Waals surface area contributed by atoms with Gasteiger partial charge in [-0.25, -0.2) is 8.42 Å². The van der Waals surface area contributed by atoms with Gasteiger partial charge >= 0.3 is 0 Å². The van der Waals surface area contributed by atoms with E-state index in [-0.39, 0.29) is 29.4 Å². The molecule has 0 amide bonds. The predicted molar refractivity (Wildman–Crippen MR) is 84.3 cm³/mol. The van der Waals surface area contributed by atoms with Crippen LogP contribution in [0.2, 0.25) is 5.02 Å². The van der Waals surface area contributed by atoms with Crippen LogP contribution in [0.15, 0.2) is 23.1 Å². The number of hydrogen-bond donors (Lipinski definition) is 1. The van der Waals surface area contributed by atoms with E-state index in [1.54, 1.807) is 12.1 Å². The van der Waals surface area contributed by atoms with Gasteiger partial charge in [-0.2, -0.15) is 4.31 Å². The Morgan fingerprint density at radius 3 is 2.65 bits per heavy atom. The zero-order chi connectivity index (χ0) is 14.2. The molecule has 1 aliphatic rings. The number of nitrogens with one attached hydrogen (secondary N) is 1. The summed E-state index contributed by atoms with van der Waals surface area (Å²) in [6, 6.07) is 5.15. The molecular weight excluding hydrogens is 319 g/mol. The maximum atomic E-state index is 12.7. The van der Waals surface area contributed by atoms with Crippen LogP contribution in [0.1, 0.15) is 19.4 Å². The molecule has 2 atom stereocenters. The Hall–Kier alpha value is -0.330. The summed E-state index contributed by atoms with van der Waals surface area (Å²) in [4.78, 5) is 0.204. The molecule has 114 valence electrons. The van der Waals surface area contributed by atoms with Crippen LogP contribution < -0.4 is 5.32 Å². The SMILES string of the molecule is Cc1cccc(S(=O)(=O)N2CCNC(C)C2C)c1Cl.Cl. The third-order valence-corrected chi connectivity index (χ3v) is 6.36. The highest BCUT2D eigenvalue weighted by atomic mass is 35.5. The van der Waals surface area contributed by atoms with Crippen LogP contribution in [-0.2, 0) is 10.0 Å². The molecule has 1 heterocycles. The smallest absolute Gasteiger partial charge is 0.244 e. The van der Waals surface area contributed by atoms with E-state index >= 15 is 0 Å². The summed E-state index contributed by atoms with van der Waals surface area (Å²) in [5.41, 5.74) is 0.776. The van der Waals surface area contributed by atoms with Crippen molar-refractivity contribution < 1.29 is 8.42 Å². The van der Waals surface area contributed by atoms with Crippen LogP contribution in [-0.4, -0.2) is 37.9 Å². The summed E-state index contributed by atoms with van der Waals surface area (Å²) in [6.07, 6.45) is 0. The Bertz CT molecular complexity index is 578. The number of sulfonamides is 1. The molecule has 1 aromatic carbocycles. The lowest BCUT2D eigenvalue weighted by atomic mass is 10.1. The predicted octanol–water partition coefficient (Wildman–Crippen LogP) is 2.44. The van der Waals surface area contributed by atoms with Crippen molar-refractivity contribution in [1.82, 2.24) is 9.62 Å². The molecule has 7 heteroatoms. The molecule has 0 spiro atoms. The summed E-state index contributed by atoms with van der Waals surface area (Å²) < 4.78 is 27.0. The quantitative estimate of drug-likeness (QED) is 0.900. The van der Waals surface area contributed by atoms with E-state index in [2.05, 4.69) is 5.32 Å². The van der Waals surface area contributed by atoms with E-state index in [0.29, 0.717) is 18.1 Å². The van der Waals surface area contributed by atoms with Crippen LogP contribution in [0, 0.1) is 6.92 Å². The lowest BCUT2D eigenvalue weighted by Gasteiger charge is -2.37. The lowest BCUT2D eigenvalue weighted by molar-refractivity contribution is 0.233. The van der Waals surface area contributed by atoms with Gasteiger partial charge in [0.25, 0.3) is 0 Å². The number of benzene rings is 1. The standard InChI is InChI=1S/C13H19ClN2O2S.ClH/c1-9-5-4-6-12(13(9)14)19(17,18)16-8-7-15-10(2)11(16)3;/h4-6,10-11,15H,7-8H2,1-3H3;1H. The van der Waals surface area contributed by atoms with Gasteiger partial charge in [0.2, 0.25) is 10.0 Å². The highest BCUT2D eigenvalue weighted by Crippen LogP contribution is 2.29. The average molecular weight is 339 g/mol. The monoisotopic (exact) mass is 338 g/mol. The largest absolute Gasteiger partial charge is 0.311 e. The first-order valence-electron chi connectivity index (χ1n) is 6.36. The van der Waals surface area contributed by atoms with Gasteiger partial charge in [-0.15, -0.1) is 12.4 Å². The molecule has 0 bridgehead atoms. The first-order valence-corrected chi connectivity index (χ1v) is 8.18. The average Bonchev–Trinajstić information content (AvgIpc) is 2.35. The van der Waals surface area contributed by atoms with Crippen molar-refractivity contribution in [2.45, 2.75) is 37.8 Å². The minimum Gasteiger partial charge on any atom is -0.311 e. The zero-order valence-electron chi connectivity index (χ0n) is 11.8. The molecule has 2 rings (SSSR count). The minimum absolute atomic E-state index is 0. The number of rotatable bonds is 2. The van der Waals surface area contributed by atoms with E-state index in [1.807, 2.05) is 26.8 Å². The summed E-state index contributed by atoms with van der Waals surface area (Å²) in [6.45, 7) is 6.85. The Labute approximate surface area is 132 Å². The second-order valence-electron chi connectivity index (χ2n) is 4.99. The van der Waals surface area contributed by atoms with Crippen molar-refractivity contribution in [3.8, 4) is 0 Å². The van der Waals surface area contributed by atoms with Crippen molar-refractivity contribution in [2.75, 3.05) is 13.1 Å². The van der Waals surface area contributed by atoms with Crippen molar-refractivity contribution in [2.24, 2.45) is 0 Å². The molecule has 0 saturated carbocycles. The van der Waals surface area contributed by atoms with E-state index in [9.17, 15) is 8.42 Å². The second-order valence-corrected chi connectivity index (χ2v) is 7.22. The highest BCUT2D eigenvalue weighted by Gasteiger charge is 2.35. The minimum atomic E-state index is -3.54. The van der Waals surface area contributed by atoms with Gasteiger partial charge in [0.1, 0.15) is 4.90 Å². The molecule has 0 aromatic heterocycles. The molecule has 20 heavy (non-hydrogen) atoms. The third kappa shape index (κ3) is 3.12. The van der Waals surface area contributed by atoms with Crippen LogP contribution in [0.4, 0.5) is 0 Å². The van der Waals surface area contributed by atoms with Crippen molar-refractivity contribution >= 4 is 34.0 Å². The van der Waals surface area contributed by atoms with Gasteiger partial charge in [-0.3, -0.25) is 0 Å². The highest BCUT2D eigenvalue weighted by molar-refractivity contribution is 7.89. The Morgan fingerprint density at radius 1 is 1.35 bits per heavy atom. The van der Waals surface area contributed by atoms with E-state index in [0.717, 1.165) is 5.56 Å². The van der Waals surface area contributed by atoms with Crippen molar-refractivity contribution in [3.05, 3.63) is 28.8 Å². The molecular formula is C13H20Cl2N2O2S. The number of piperazine rings is 1. The van der Waals surface area contributed by atoms with Crippen LogP contribution in [0.3, 0.4) is 0 Å². The van der Waals surface area contributed by atoms with E-state index in [1.165, 1.54) is 4.31 Å². The molecule has 1 N–H and O–H groups in total. The molecule has 1 fully saturated rings. The maximum absolute atomic E-state index is 12.7. The molecule has 1 aromatic rings.